The minimum Gasteiger partial charge on any atom is -0.445 e. The van der Waals surface area contributed by atoms with Crippen molar-refractivity contribution in [2.45, 2.75) is 13.2 Å². The average molecular weight is 382 g/mol. The molecule has 7 heteroatoms. The fraction of sp³-hybridized carbons (Fsp3) is 0.375. The van der Waals surface area contributed by atoms with Crippen molar-refractivity contribution in [3.8, 4) is 0 Å². The number of aromatic nitrogens is 2. The number of aryl methyl sites for hydroxylation is 1. The zero-order chi connectivity index (χ0) is 16.7. The predicted octanol–water partition coefficient (Wildman–Crippen LogP) is 2.97. The molecule has 0 N–H and O–H groups in total. The molecule has 0 saturated heterocycles. The van der Waals surface area contributed by atoms with E-state index in [4.69, 9.17) is 9.47 Å². The van der Waals surface area contributed by atoms with Crippen LogP contribution in [-0.4, -0.2) is 40.7 Å². The van der Waals surface area contributed by atoms with Gasteiger partial charge in [-0.2, -0.15) is 0 Å². The number of nitrogens with zero attached hydrogens (tertiary/aromatic N) is 3. The zero-order valence-corrected chi connectivity index (χ0v) is 14.8. The van der Waals surface area contributed by atoms with Crippen molar-refractivity contribution in [2.75, 3.05) is 20.2 Å². The summed E-state index contributed by atoms with van der Waals surface area (Å²) in [6.45, 7) is 1.54. The molecule has 1 heterocycles. The van der Waals surface area contributed by atoms with E-state index in [-0.39, 0.29) is 12.7 Å². The van der Waals surface area contributed by atoms with Crippen molar-refractivity contribution < 1.29 is 14.3 Å². The Kier molecular flexibility index (Phi) is 6.61. The van der Waals surface area contributed by atoms with E-state index in [0.717, 1.165) is 15.9 Å². The van der Waals surface area contributed by atoms with Gasteiger partial charge in [0.05, 0.1) is 25.2 Å². The van der Waals surface area contributed by atoms with Crippen molar-refractivity contribution >= 4 is 22.0 Å². The summed E-state index contributed by atoms with van der Waals surface area (Å²) in [4.78, 5) is 17.6. The number of rotatable bonds is 7. The Labute approximate surface area is 144 Å². The number of carbonyl (C=O) groups is 1. The average Bonchev–Trinajstić information content (AvgIpc) is 2.89. The van der Waals surface area contributed by atoms with Crippen LogP contribution in [0.5, 0.6) is 0 Å². The van der Waals surface area contributed by atoms with E-state index >= 15 is 0 Å². The Morgan fingerprint density at radius 2 is 2.04 bits per heavy atom. The van der Waals surface area contributed by atoms with E-state index < -0.39 is 0 Å². The molecule has 0 spiro atoms. The first-order valence-corrected chi connectivity index (χ1v) is 8.02. The lowest BCUT2D eigenvalue weighted by atomic mass is 10.2. The van der Waals surface area contributed by atoms with Gasteiger partial charge in [0.1, 0.15) is 11.2 Å². The second-order valence-corrected chi connectivity index (χ2v) is 5.86. The molecule has 0 unspecified atom stereocenters. The maximum atomic E-state index is 11.9. The first kappa shape index (κ1) is 17.5. The Morgan fingerprint density at radius 1 is 1.30 bits per heavy atom. The van der Waals surface area contributed by atoms with Gasteiger partial charge in [-0.25, -0.2) is 9.78 Å². The largest absolute Gasteiger partial charge is 0.445 e. The van der Waals surface area contributed by atoms with Crippen LogP contribution in [-0.2, 0) is 29.7 Å². The van der Waals surface area contributed by atoms with Crippen LogP contribution in [0.3, 0.4) is 0 Å². The van der Waals surface area contributed by atoms with Crippen molar-refractivity contribution in [1.82, 2.24) is 14.5 Å². The smallest absolute Gasteiger partial charge is 0.409 e. The minimum absolute atomic E-state index is 0.270. The molecule has 0 aliphatic rings. The first-order valence-electron chi connectivity index (χ1n) is 7.23. The molecule has 0 saturated carbocycles. The second-order valence-electron chi connectivity index (χ2n) is 5.11. The molecule has 1 amide bonds. The van der Waals surface area contributed by atoms with Crippen LogP contribution in [0.4, 0.5) is 4.79 Å². The predicted molar refractivity (Wildman–Crippen MR) is 89.8 cm³/mol. The lowest BCUT2D eigenvalue weighted by Gasteiger charge is -2.16. The number of hydrogen-bond donors (Lipinski definition) is 0. The van der Waals surface area contributed by atoms with E-state index in [1.54, 1.807) is 13.4 Å². The van der Waals surface area contributed by atoms with Gasteiger partial charge >= 0.3 is 6.09 Å². The molecule has 0 bridgehead atoms. The highest BCUT2D eigenvalue weighted by Crippen LogP contribution is 2.14. The van der Waals surface area contributed by atoms with Crippen molar-refractivity contribution in [2.24, 2.45) is 7.05 Å². The molecule has 2 rings (SSSR count). The van der Waals surface area contributed by atoms with Gasteiger partial charge in [-0.05, 0) is 21.5 Å². The molecule has 0 aliphatic carbocycles. The van der Waals surface area contributed by atoms with Crippen molar-refractivity contribution in [3.63, 3.8) is 0 Å². The minimum atomic E-state index is -0.364. The number of imidazole rings is 1. The topological polar surface area (TPSA) is 56.6 Å². The van der Waals surface area contributed by atoms with Gasteiger partial charge in [0.25, 0.3) is 0 Å². The van der Waals surface area contributed by atoms with E-state index in [1.165, 1.54) is 4.90 Å². The number of likely N-dealkylation sites (N-methyl/N-ethyl adjacent to an activating group) is 1. The van der Waals surface area contributed by atoms with Crippen LogP contribution in [0.2, 0.25) is 0 Å². The van der Waals surface area contributed by atoms with Crippen LogP contribution in [0.15, 0.2) is 41.3 Å². The molecule has 0 atom stereocenters. The number of amides is 1. The third kappa shape index (κ3) is 5.37. The molecule has 0 aliphatic heterocycles. The van der Waals surface area contributed by atoms with Gasteiger partial charge in [-0.3, -0.25) is 0 Å². The lowest BCUT2D eigenvalue weighted by Crippen LogP contribution is -2.30. The molecular weight excluding hydrogens is 362 g/mol. The Hall–Kier alpha value is -1.86. The molecular formula is C16H20BrN3O3. The van der Waals surface area contributed by atoms with Crippen LogP contribution < -0.4 is 0 Å². The normalized spacial score (nSPS) is 10.6. The van der Waals surface area contributed by atoms with Crippen LogP contribution >= 0.6 is 15.9 Å². The highest BCUT2D eigenvalue weighted by atomic mass is 79.9. The summed E-state index contributed by atoms with van der Waals surface area (Å²) in [7, 11) is 3.59. The zero-order valence-electron chi connectivity index (χ0n) is 13.2. The molecule has 0 fully saturated rings. The molecule has 23 heavy (non-hydrogen) atoms. The Bertz CT molecular complexity index is 631. The third-order valence-electron chi connectivity index (χ3n) is 3.26. The summed E-state index contributed by atoms with van der Waals surface area (Å²) in [6.07, 6.45) is 1.35. The summed E-state index contributed by atoms with van der Waals surface area (Å²) in [6, 6.07) is 9.59. The van der Waals surface area contributed by atoms with Crippen LogP contribution in [0.1, 0.15) is 11.3 Å². The highest BCUT2D eigenvalue weighted by Gasteiger charge is 2.10. The van der Waals surface area contributed by atoms with Crippen molar-refractivity contribution in [3.05, 3.63) is 52.5 Å². The summed E-state index contributed by atoms with van der Waals surface area (Å²) in [5, 5.41) is 0. The molecule has 2 aromatic rings. The van der Waals surface area contributed by atoms with E-state index in [9.17, 15) is 4.79 Å². The molecule has 1 aromatic heterocycles. The van der Waals surface area contributed by atoms with Gasteiger partial charge in [0.15, 0.2) is 0 Å². The standard InChI is InChI=1S/C16H20BrN3O3/c1-19(16(21)23-10-13-6-4-3-5-7-13)8-9-22-11-14-15(17)20(2)12-18-14/h3-7,12H,8-11H2,1-2H3. The number of hydrogen-bond acceptors (Lipinski definition) is 4. The maximum absolute atomic E-state index is 11.9. The van der Waals surface area contributed by atoms with Gasteiger partial charge in [-0.1, -0.05) is 30.3 Å². The molecule has 124 valence electrons. The monoisotopic (exact) mass is 381 g/mol. The highest BCUT2D eigenvalue weighted by molar-refractivity contribution is 9.10. The van der Waals surface area contributed by atoms with Gasteiger partial charge in [-0.15, -0.1) is 0 Å². The fourth-order valence-corrected chi connectivity index (χ4v) is 2.16. The van der Waals surface area contributed by atoms with E-state index in [2.05, 4.69) is 20.9 Å². The SMILES string of the molecule is CN(CCOCc1ncn(C)c1Br)C(=O)OCc1ccccc1. The maximum Gasteiger partial charge on any atom is 0.409 e. The van der Waals surface area contributed by atoms with Gasteiger partial charge in [0.2, 0.25) is 0 Å². The second kappa shape index (κ2) is 8.69. The first-order chi connectivity index (χ1) is 11.1. The summed E-state index contributed by atoms with van der Waals surface area (Å²) in [5.74, 6) is 0. The number of benzene rings is 1. The number of ether oxygens (including phenoxy) is 2. The van der Waals surface area contributed by atoms with Gasteiger partial charge in [0, 0.05) is 20.6 Å². The fourth-order valence-electron chi connectivity index (χ4n) is 1.85. The summed E-state index contributed by atoms with van der Waals surface area (Å²) in [5.41, 5.74) is 1.80. The van der Waals surface area contributed by atoms with E-state index in [1.807, 2.05) is 41.9 Å². The molecule has 6 nitrogen and oxygen atoms in total. The lowest BCUT2D eigenvalue weighted by molar-refractivity contribution is 0.0738. The molecule has 1 aromatic carbocycles. The molecule has 0 radical (unpaired) electrons. The summed E-state index contributed by atoms with van der Waals surface area (Å²) >= 11 is 3.43. The Morgan fingerprint density at radius 3 is 2.70 bits per heavy atom. The van der Waals surface area contributed by atoms with Crippen LogP contribution in [0, 0.1) is 0 Å². The Balaban J connectivity index is 1.65. The third-order valence-corrected chi connectivity index (χ3v) is 4.28. The van der Waals surface area contributed by atoms with Gasteiger partial charge < -0.3 is 18.9 Å². The van der Waals surface area contributed by atoms with Crippen molar-refractivity contribution in [1.29, 1.82) is 0 Å². The van der Waals surface area contributed by atoms with E-state index in [0.29, 0.717) is 19.8 Å². The number of halogens is 1. The van der Waals surface area contributed by atoms with Crippen LogP contribution in [0.25, 0.3) is 0 Å². The number of carbonyl (C=O) groups excluding carboxylic acids is 1. The summed E-state index contributed by atoms with van der Waals surface area (Å²) < 4.78 is 13.5. The quantitative estimate of drug-likeness (QED) is 0.691.